The van der Waals surface area contributed by atoms with Crippen LogP contribution in [0.4, 0.5) is 10.5 Å². The van der Waals surface area contributed by atoms with Gasteiger partial charge in [-0.2, -0.15) is 0 Å². The van der Waals surface area contributed by atoms with Gasteiger partial charge in [0.25, 0.3) is 11.8 Å². The highest BCUT2D eigenvalue weighted by atomic mass is 127. The first-order chi connectivity index (χ1) is 16.4. The lowest BCUT2D eigenvalue weighted by atomic mass is 10.1. The summed E-state index contributed by atoms with van der Waals surface area (Å²) in [5.41, 5.74) is 1.73. The van der Waals surface area contributed by atoms with E-state index in [2.05, 4.69) is 43.8 Å². The number of nitrogens with one attached hydrogen (secondary N) is 1. The lowest BCUT2D eigenvalue weighted by molar-refractivity contribution is -0.122. The zero-order chi connectivity index (χ0) is 24.2. The van der Waals surface area contributed by atoms with Crippen molar-refractivity contribution in [3.63, 3.8) is 0 Å². The summed E-state index contributed by atoms with van der Waals surface area (Å²) >= 11 is 5.44. The quantitative estimate of drug-likeness (QED) is 0.226. The number of barbiturate groups is 1. The van der Waals surface area contributed by atoms with Gasteiger partial charge in [-0.05, 0) is 70.1 Å². The molecule has 3 aromatic rings. The molecule has 4 amide bonds. The van der Waals surface area contributed by atoms with Crippen molar-refractivity contribution in [1.29, 1.82) is 0 Å². The summed E-state index contributed by atoms with van der Waals surface area (Å²) < 4.78 is 12.9. The van der Waals surface area contributed by atoms with Gasteiger partial charge in [0.15, 0.2) is 11.5 Å². The molecule has 0 unspecified atom stereocenters. The molecule has 0 bridgehead atoms. The standard InChI is InChI=1S/C25H18BrIN2O5/c1-33-21-12-16(11-20(27)22(21)34-14-15-6-3-2-4-7-15)10-19-23(30)28-25(32)29(24(19)31)18-9-5-8-17(26)13-18/h2-13H,14H2,1H3,(H,28,30,32)/b19-10+. The van der Waals surface area contributed by atoms with E-state index in [0.717, 1.165) is 14.0 Å². The molecule has 0 aromatic heterocycles. The number of ether oxygens (including phenoxy) is 2. The summed E-state index contributed by atoms with van der Waals surface area (Å²) in [7, 11) is 1.52. The molecule has 0 aliphatic carbocycles. The first-order valence-electron chi connectivity index (χ1n) is 10.1. The summed E-state index contributed by atoms with van der Waals surface area (Å²) in [4.78, 5) is 39.0. The Morgan fingerprint density at radius 1 is 1.03 bits per heavy atom. The van der Waals surface area contributed by atoms with Gasteiger partial charge in [-0.3, -0.25) is 14.9 Å². The maximum atomic E-state index is 13.1. The van der Waals surface area contributed by atoms with E-state index in [4.69, 9.17) is 9.47 Å². The van der Waals surface area contributed by atoms with Crippen LogP contribution in [0.3, 0.4) is 0 Å². The first-order valence-corrected chi connectivity index (χ1v) is 12.0. The molecule has 0 radical (unpaired) electrons. The predicted molar refractivity (Wildman–Crippen MR) is 140 cm³/mol. The average Bonchev–Trinajstić information content (AvgIpc) is 2.81. The number of amides is 4. The monoisotopic (exact) mass is 632 g/mol. The van der Waals surface area contributed by atoms with Gasteiger partial charge in [-0.15, -0.1) is 0 Å². The van der Waals surface area contributed by atoms with Crippen LogP contribution in [0.1, 0.15) is 11.1 Å². The van der Waals surface area contributed by atoms with E-state index in [1.165, 1.54) is 13.2 Å². The largest absolute Gasteiger partial charge is 0.493 e. The zero-order valence-corrected chi connectivity index (χ0v) is 21.6. The molecule has 172 valence electrons. The molecule has 1 fully saturated rings. The van der Waals surface area contributed by atoms with Gasteiger partial charge >= 0.3 is 6.03 Å². The van der Waals surface area contributed by atoms with Gasteiger partial charge in [0.2, 0.25) is 0 Å². The van der Waals surface area contributed by atoms with Crippen molar-refractivity contribution < 1.29 is 23.9 Å². The number of imide groups is 2. The van der Waals surface area contributed by atoms with Crippen LogP contribution < -0.4 is 19.7 Å². The third kappa shape index (κ3) is 5.15. The SMILES string of the molecule is COc1cc(/C=C2\C(=O)NC(=O)N(c3cccc(Br)c3)C2=O)cc(I)c1OCc1ccccc1. The number of rotatable bonds is 6. The highest BCUT2D eigenvalue weighted by Crippen LogP contribution is 2.35. The Bertz CT molecular complexity index is 1310. The Morgan fingerprint density at radius 3 is 2.50 bits per heavy atom. The average molecular weight is 633 g/mol. The molecule has 1 aliphatic rings. The topological polar surface area (TPSA) is 84.9 Å². The number of anilines is 1. The fourth-order valence-corrected chi connectivity index (χ4v) is 4.54. The Labute approximate surface area is 218 Å². The third-order valence-electron chi connectivity index (χ3n) is 4.96. The lowest BCUT2D eigenvalue weighted by Crippen LogP contribution is -2.54. The van der Waals surface area contributed by atoms with Gasteiger partial charge in [0, 0.05) is 4.47 Å². The minimum atomic E-state index is -0.804. The van der Waals surface area contributed by atoms with E-state index in [-0.39, 0.29) is 5.57 Å². The molecule has 7 nitrogen and oxygen atoms in total. The van der Waals surface area contributed by atoms with Crippen molar-refractivity contribution in [3.8, 4) is 11.5 Å². The van der Waals surface area contributed by atoms with Crippen molar-refractivity contribution in [2.24, 2.45) is 0 Å². The number of methoxy groups -OCH3 is 1. The molecule has 0 spiro atoms. The summed E-state index contributed by atoms with van der Waals surface area (Å²) in [5, 5.41) is 2.23. The van der Waals surface area contributed by atoms with Crippen molar-refractivity contribution >= 4 is 68.1 Å². The maximum absolute atomic E-state index is 13.1. The smallest absolute Gasteiger partial charge is 0.335 e. The molecule has 3 aromatic carbocycles. The summed E-state index contributed by atoms with van der Waals surface area (Å²) in [6.45, 7) is 0.359. The molecule has 1 saturated heterocycles. The highest BCUT2D eigenvalue weighted by Gasteiger charge is 2.37. The van der Waals surface area contributed by atoms with Gasteiger partial charge in [0.05, 0.1) is 16.4 Å². The van der Waals surface area contributed by atoms with E-state index in [0.29, 0.717) is 33.8 Å². The molecular weight excluding hydrogens is 615 g/mol. The molecule has 1 N–H and O–H groups in total. The van der Waals surface area contributed by atoms with Crippen LogP contribution in [0.25, 0.3) is 6.08 Å². The first kappa shape index (κ1) is 24.0. The third-order valence-corrected chi connectivity index (χ3v) is 6.25. The van der Waals surface area contributed by atoms with Gasteiger partial charge < -0.3 is 9.47 Å². The van der Waals surface area contributed by atoms with E-state index < -0.39 is 17.8 Å². The maximum Gasteiger partial charge on any atom is 0.335 e. The number of benzene rings is 3. The van der Waals surface area contributed by atoms with Gasteiger partial charge in [-0.25, -0.2) is 9.69 Å². The predicted octanol–water partition coefficient (Wildman–Crippen LogP) is 5.31. The van der Waals surface area contributed by atoms with E-state index >= 15 is 0 Å². The fourth-order valence-electron chi connectivity index (χ4n) is 3.37. The van der Waals surface area contributed by atoms with Crippen molar-refractivity contribution in [2.75, 3.05) is 12.0 Å². The summed E-state index contributed by atoms with van der Waals surface area (Å²) in [6, 6.07) is 19.1. The van der Waals surface area contributed by atoms with Crippen LogP contribution in [-0.2, 0) is 16.2 Å². The van der Waals surface area contributed by atoms with Crippen LogP contribution in [-0.4, -0.2) is 25.0 Å². The minimum absolute atomic E-state index is 0.171. The van der Waals surface area contributed by atoms with Crippen molar-refractivity contribution in [3.05, 3.63) is 91.5 Å². The minimum Gasteiger partial charge on any atom is -0.493 e. The van der Waals surface area contributed by atoms with Crippen LogP contribution in [0, 0.1) is 3.57 Å². The molecule has 9 heteroatoms. The zero-order valence-electron chi connectivity index (χ0n) is 17.9. The van der Waals surface area contributed by atoms with Gasteiger partial charge in [-0.1, -0.05) is 52.3 Å². The Kier molecular flexibility index (Phi) is 7.32. The second-order valence-corrected chi connectivity index (χ2v) is 9.32. The number of nitrogens with zero attached hydrogens (tertiary/aromatic N) is 1. The van der Waals surface area contributed by atoms with E-state index in [1.807, 2.05) is 30.3 Å². The van der Waals surface area contributed by atoms with Crippen molar-refractivity contribution in [2.45, 2.75) is 6.61 Å². The molecule has 1 aliphatic heterocycles. The second kappa shape index (κ2) is 10.4. The number of carbonyl (C=O) groups excluding carboxylic acids is 3. The van der Waals surface area contributed by atoms with Crippen LogP contribution in [0.5, 0.6) is 11.5 Å². The van der Waals surface area contributed by atoms with E-state index in [9.17, 15) is 14.4 Å². The number of carbonyl (C=O) groups is 3. The van der Waals surface area contributed by atoms with Crippen LogP contribution in [0.15, 0.2) is 76.8 Å². The Morgan fingerprint density at radius 2 is 1.79 bits per heavy atom. The summed E-state index contributed by atoms with van der Waals surface area (Å²) in [6.07, 6.45) is 1.43. The Hall–Kier alpha value is -3.18. The van der Waals surface area contributed by atoms with Crippen LogP contribution >= 0.6 is 38.5 Å². The lowest BCUT2D eigenvalue weighted by Gasteiger charge is -2.26. The molecule has 0 atom stereocenters. The molecule has 4 rings (SSSR count). The second-order valence-electron chi connectivity index (χ2n) is 7.25. The summed E-state index contributed by atoms with van der Waals surface area (Å²) in [5.74, 6) is -0.470. The number of hydrogen-bond donors (Lipinski definition) is 1. The molecular formula is C25H18BrIN2O5. The number of urea groups is 1. The fraction of sp³-hybridized carbons (Fsp3) is 0.0800. The number of halogens is 2. The molecule has 34 heavy (non-hydrogen) atoms. The van der Waals surface area contributed by atoms with E-state index in [1.54, 1.807) is 36.4 Å². The molecule has 0 saturated carbocycles. The Balaban J connectivity index is 1.65. The number of hydrogen-bond acceptors (Lipinski definition) is 5. The van der Waals surface area contributed by atoms with Crippen molar-refractivity contribution in [1.82, 2.24) is 5.32 Å². The van der Waals surface area contributed by atoms with Gasteiger partial charge in [0.1, 0.15) is 12.2 Å². The normalized spacial score (nSPS) is 14.9. The molecule has 1 heterocycles. The van der Waals surface area contributed by atoms with Crippen LogP contribution in [0.2, 0.25) is 0 Å². The highest BCUT2D eigenvalue weighted by molar-refractivity contribution is 14.1.